The van der Waals surface area contributed by atoms with Gasteiger partial charge in [-0.05, 0) is 73.4 Å². The Hall–Kier alpha value is -3.13. The van der Waals surface area contributed by atoms with E-state index in [1.165, 1.54) is 11.1 Å². The summed E-state index contributed by atoms with van der Waals surface area (Å²) in [6.45, 7) is 10.6. The Kier molecular flexibility index (Phi) is 5.11. The number of nitriles is 1. The van der Waals surface area contributed by atoms with Gasteiger partial charge in [-0.25, -0.2) is 0 Å². The molecule has 0 aliphatic heterocycles. The van der Waals surface area contributed by atoms with E-state index in [0.717, 1.165) is 18.4 Å². The summed E-state index contributed by atoms with van der Waals surface area (Å²) in [5, 5.41) is 13.7. The van der Waals surface area contributed by atoms with E-state index in [-0.39, 0.29) is 11.5 Å². The van der Waals surface area contributed by atoms with Crippen molar-refractivity contribution in [1.29, 1.82) is 5.26 Å². The topological polar surface area (TPSA) is 71.9 Å². The Labute approximate surface area is 177 Å². The van der Waals surface area contributed by atoms with Gasteiger partial charge < -0.3 is 9.26 Å². The van der Waals surface area contributed by atoms with Crippen molar-refractivity contribution in [2.75, 3.05) is 0 Å². The Morgan fingerprint density at radius 2 is 2.10 bits per heavy atom. The minimum Gasteiger partial charge on any atom is -0.490 e. The largest absolute Gasteiger partial charge is 0.490 e. The lowest BCUT2D eigenvalue weighted by Crippen LogP contribution is -2.16. The summed E-state index contributed by atoms with van der Waals surface area (Å²) >= 11 is 0. The molecule has 1 aromatic carbocycles. The van der Waals surface area contributed by atoms with Gasteiger partial charge >= 0.3 is 0 Å². The van der Waals surface area contributed by atoms with E-state index >= 15 is 0 Å². The first-order valence-corrected chi connectivity index (χ1v) is 10.3. The van der Waals surface area contributed by atoms with Gasteiger partial charge in [0.15, 0.2) is 0 Å². The van der Waals surface area contributed by atoms with Gasteiger partial charge in [0.25, 0.3) is 5.89 Å². The molecule has 153 valence electrons. The quantitative estimate of drug-likeness (QED) is 0.638. The second kappa shape index (κ2) is 7.60. The van der Waals surface area contributed by atoms with Gasteiger partial charge in [-0.1, -0.05) is 38.1 Å². The Morgan fingerprint density at radius 3 is 2.80 bits per heavy atom. The lowest BCUT2D eigenvalue weighted by molar-refractivity contribution is 0.241. The normalized spacial score (nSPS) is 18.4. The van der Waals surface area contributed by atoms with Crippen LogP contribution in [0.1, 0.15) is 58.8 Å². The van der Waals surface area contributed by atoms with Crippen LogP contribution in [-0.4, -0.2) is 16.2 Å². The highest BCUT2D eigenvalue weighted by atomic mass is 16.5. The third kappa shape index (κ3) is 3.82. The summed E-state index contributed by atoms with van der Waals surface area (Å²) in [5.74, 6) is 1.91. The zero-order valence-electron chi connectivity index (χ0n) is 18.1. The predicted molar refractivity (Wildman–Crippen MR) is 115 cm³/mol. The lowest BCUT2D eigenvalue weighted by Gasteiger charge is -2.25. The third-order valence-corrected chi connectivity index (χ3v) is 5.47. The first-order chi connectivity index (χ1) is 14.3. The van der Waals surface area contributed by atoms with Crippen molar-refractivity contribution in [2.45, 2.75) is 53.6 Å². The van der Waals surface area contributed by atoms with Crippen LogP contribution in [0.3, 0.4) is 0 Å². The van der Waals surface area contributed by atoms with Crippen molar-refractivity contribution >= 4 is 5.57 Å². The molecule has 0 saturated carbocycles. The van der Waals surface area contributed by atoms with Crippen LogP contribution in [0, 0.1) is 28.7 Å². The van der Waals surface area contributed by atoms with Gasteiger partial charge in [0.1, 0.15) is 11.8 Å². The van der Waals surface area contributed by atoms with Crippen molar-refractivity contribution < 1.29 is 9.26 Å². The number of hydrogen-bond acceptors (Lipinski definition) is 5. The number of rotatable bonds is 4. The number of fused-ring (bicyclic) bond motifs is 1. The predicted octanol–water partition coefficient (Wildman–Crippen LogP) is 5.90. The number of aromatic nitrogens is 2. The number of nitrogens with zero attached hydrogens (tertiary/aromatic N) is 3. The molecule has 5 heteroatoms. The molecular formula is C25H26N3O2. The second-order valence-electron chi connectivity index (χ2n) is 9.16. The van der Waals surface area contributed by atoms with Crippen LogP contribution >= 0.6 is 0 Å². The molecule has 0 spiro atoms. The fraction of sp³-hybridized carbons (Fsp3) is 0.400. The van der Waals surface area contributed by atoms with Gasteiger partial charge in [-0.15, -0.1) is 0 Å². The molecule has 0 N–H and O–H groups in total. The van der Waals surface area contributed by atoms with Crippen LogP contribution in [0.2, 0.25) is 0 Å². The minimum atomic E-state index is -0.00754. The number of allylic oxidation sites excluding steroid dienone is 6. The van der Waals surface area contributed by atoms with Gasteiger partial charge in [0.2, 0.25) is 5.82 Å². The minimum absolute atomic E-state index is 0.00754. The molecule has 1 atom stereocenters. The number of ether oxygens (including phenoxy) is 1. The smallest absolute Gasteiger partial charge is 0.258 e. The molecule has 2 aliphatic rings. The maximum atomic E-state index is 9.48. The molecule has 0 amide bonds. The Balaban J connectivity index is 1.66. The monoisotopic (exact) mass is 400 g/mol. The first-order valence-electron chi connectivity index (χ1n) is 10.3. The summed E-state index contributed by atoms with van der Waals surface area (Å²) in [4.78, 5) is 4.64. The highest BCUT2D eigenvalue weighted by molar-refractivity contribution is 5.79. The zero-order valence-corrected chi connectivity index (χ0v) is 18.1. The Morgan fingerprint density at radius 1 is 1.30 bits per heavy atom. The van der Waals surface area contributed by atoms with Crippen molar-refractivity contribution in [1.82, 2.24) is 10.1 Å². The van der Waals surface area contributed by atoms with Gasteiger partial charge in [0, 0.05) is 11.1 Å². The average Bonchev–Trinajstić information content (AvgIpc) is 3.34. The molecule has 2 aromatic rings. The first kappa shape index (κ1) is 20.2. The molecule has 0 bridgehead atoms. The van der Waals surface area contributed by atoms with Gasteiger partial charge in [-0.2, -0.15) is 10.2 Å². The molecule has 1 aromatic heterocycles. The van der Waals surface area contributed by atoms with E-state index in [9.17, 15) is 5.26 Å². The van der Waals surface area contributed by atoms with E-state index in [2.05, 4.69) is 55.2 Å². The molecule has 2 aliphatic carbocycles. The highest BCUT2D eigenvalue weighted by Gasteiger charge is 2.33. The molecule has 1 heterocycles. The van der Waals surface area contributed by atoms with E-state index in [1.807, 2.05) is 19.9 Å². The standard InChI is InChI=1S/C25H26N3O2/c1-15(2)29-22-10-9-17(11-18(22)14-26)24-27-23(28-30-24)20-8-6-7-16-12-19(13-21(16)20)25(3,4)5/h6,8-11,15,19H,7,13H2,1-5H3/t19-/m1/s1. The molecule has 30 heavy (non-hydrogen) atoms. The second-order valence-corrected chi connectivity index (χ2v) is 9.16. The Bertz CT molecular complexity index is 1100. The molecule has 4 rings (SSSR count). The number of benzene rings is 1. The van der Waals surface area contributed by atoms with Gasteiger partial charge in [0.05, 0.1) is 11.7 Å². The fourth-order valence-corrected chi connectivity index (χ4v) is 3.82. The van der Waals surface area contributed by atoms with Crippen LogP contribution in [0.15, 0.2) is 46.0 Å². The van der Waals surface area contributed by atoms with Crippen molar-refractivity contribution in [3.8, 4) is 23.3 Å². The van der Waals surface area contributed by atoms with E-state index in [0.29, 0.717) is 34.5 Å². The number of hydrogen-bond donors (Lipinski definition) is 0. The SMILES string of the molecule is CC(C)Oc1ccc(-c2nc(C3=C4C[C@H](C(C)(C)C)[C]=C4CC=C3)no2)cc1C#N. The van der Waals surface area contributed by atoms with E-state index in [4.69, 9.17) is 9.26 Å². The van der Waals surface area contributed by atoms with Crippen molar-refractivity contribution in [3.05, 3.63) is 59.0 Å². The van der Waals surface area contributed by atoms with Gasteiger partial charge in [-0.3, -0.25) is 0 Å². The van der Waals surface area contributed by atoms with Crippen molar-refractivity contribution in [3.63, 3.8) is 0 Å². The van der Waals surface area contributed by atoms with Crippen LogP contribution in [0.4, 0.5) is 0 Å². The molecule has 0 saturated heterocycles. The lowest BCUT2D eigenvalue weighted by atomic mass is 9.80. The molecule has 5 nitrogen and oxygen atoms in total. The summed E-state index contributed by atoms with van der Waals surface area (Å²) in [6.07, 6.45) is 9.74. The zero-order chi connectivity index (χ0) is 21.5. The summed E-state index contributed by atoms with van der Waals surface area (Å²) in [7, 11) is 0. The molecular weight excluding hydrogens is 374 g/mol. The summed E-state index contributed by atoms with van der Waals surface area (Å²) in [5.41, 5.74) is 4.84. The summed E-state index contributed by atoms with van der Waals surface area (Å²) in [6, 6.07) is 7.53. The highest BCUT2D eigenvalue weighted by Crippen LogP contribution is 2.45. The summed E-state index contributed by atoms with van der Waals surface area (Å²) < 4.78 is 11.3. The van der Waals surface area contributed by atoms with Crippen LogP contribution in [-0.2, 0) is 0 Å². The maximum absolute atomic E-state index is 9.48. The van der Waals surface area contributed by atoms with Crippen LogP contribution in [0.5, 0.6) is 5.75 Å². The third-order valence-electron chi connectivity index (χ3n) is 5.47. The van der Waals surface area contributed by atoms with Crippen LogP contribution in [0.25, 0.3) is 17.0 Å². The van der Waals surface area contributed by atoms with E-state index < -0.39 is 0 Å². The average molecular weight is 401 g/mol. The molecule has 0 fully saturated rings. The molecule has 1 radical (unpaired) electrons. The van der Waals surface area contributed by atoms with E-state index in [1.54, 1.807) is 12.1 Å². The fourth-order valence-electron chi connectivity index (χ4n) is 3.82. The van der Waals surface area contributed by atoms with Crippen molar-refractivity contribution in [2.24, 2.45) is 11.3 Å². The maximum Gasteiger partial charge on any atom is 0.258 e. The van der Waals surface area contributed by atoms with Crippen LogP contribution < -0.4 is 4.74 Å². The molecule has 0 unspecified atom stereocenters.